The first-order chi connectivity index (χ1) is 6.43. The fourth-order valence-corrected chi connectivity index (χ4v) is 4.64. The van der Waals surface area contributed by atoms with E-state index in [2.05, 4.69) is 18.7 Å². The molecule has 0 bridgehead atoms. The number of nitrogens with zero attached hydrogens (tertiary/aromatic N) is 1. The van der Waals surface area contributed by atoms with Crippen LogP contribution in [0.25, 0.3) is 0 Å². The maximum absolute atomic E-state index is 13.5. The van der Waals surface area contributed by atoms with Crippen LogP contribution >= 0.6 is 22.6 Å². The van der Waals surface area contributed by atoms with Gasteiger partial charge in [-0.2, -0.15) is 0 Å². The van der Waals surface area contributed by atoms with Crippen molar-refractivity contribution in [3.63, 3.8) is 0 Å². The van der Waals surface area contributed by atoms with Gasteiger partial charge in [-0.15, -0.1) is 0 Å². The molecule has 0 radical (unpaired) electrons. The molecule has 0 aromatic heterocycles. The first-order valence-electron chi connectivity index (χ1n) is 5.54. The van der Waals surface area contributed by atoms with Crippen LogP contribution in [0, 0.1) is 5.41 Å². The normalized spacial score (nSPS) is 44.4. The topological polar surface area (TPSA) is 3.24 Å². The summed E-state index contributed by atoms with van der Waals surface area (Å²) in [5, 5.41) is 0. The van der Waals surface area contributed by atoms with Crippen LogP contribution in [0.3, 0.4) is 0 Å². The molecular formula is C11H19FIN. The van der Waals surface area contributed by atoms with Gasteiger partial charge in [-0.25, -0.2) is 4.39 Å². The number of likely N-dealkylation sites (tertiary alicyclic amines) is 1. The molecule has 0 atom stereocenters. The molecule has 1 saturated heterocycles. The van der Waals surface area contributed by atoms with Crippen molar-refractivity contribution in [1.82, 2.24) is 4.90 Å². The first kappa shape index (κ1) is 11.1. The molecule has 1 spiro atoms. The van der Waals surface area contributed by atoms with Crippen LogP contribution in [0.5, 0.6) is 0 Å². The van der Waals surface area contributed by atoms with Crippen molar-refractivity contribution in [1.29, 1.82) is 0 Å². The average Bonchev–Trinajstić information content (AvgIpc) is 2.00. The highest BCUT2D eigenvalue weighted by atomic mass is 127. The van der Waals surface area contributed by atoms with Gasteiger partial charge < -0.3 is 4.90 Å². The summed E-state index contributed by atoms with van der Waals surface area (Å²) in [5.41, 5.74) is 0.332. The second-order valence-corrected chi connectivity index (χ2v) is 7.31. The fraction of sp³-hybridized carbons (Fsp3) is 1.00. The van der Waals surface area contributed by atoms with Crippen molar-refractivity contribution < 1.29 is 4.39 Å². The number of piperidine rings is 1. The quantitative estimate of drug-likeness (QED) is 0.530. The molecule has 0 aromatic carbocycles. The van der Waals surface area contributed by atoms with E-state index in [-0.39, 0.29) is 0 Å². The van der Waals surface area contributed by atoms with Crippen LogP contribution in [-0.2, 0) is 0 Å². The molecule has 1 heterocycles. The molecule has 2 rings (SSSR count). The maximum atomic E-state index is 13.5. The molecule has 0 aromatic rings. The molecule has 1 saturated carbocycles. The smallest absolute Gasteiger partial charge is 0.162 e. The molecule has 2 aliphatic rings. The average molecular weight is 311 g/mol. The van der Waals surface area contributed by atoms with E-state index in [0.29, 0.717) is 11.5 Å². The number of hydrogen-bond acceptors (Lipinski definition) is 1. The number of alkyl halides is 2. The van der Waals surface area contributed by atoms with Crippen LogP contribution in [0.2, 0.25) is 0 Å². The number of rotatable bonds is 1. The summed E-state index contributed by atoms with van der Waals surface area (Å²) in [6.45, 7) is 6.81. The zero-order chi connectivity index (χ0) is 10.4. The third-order valence-corrected chi connectivity index (χ3v) is 4.45. The molecule has 1 nitrogen and oxygen atoms in total. The second kappa shape index (κ2) is 3.58. The molecule has 82 valence electrons. The minimum Gasteiger partial charge on any atom is -0.300 e. The molecule has 3 heteroatoms. The lowest BCUT2D eigenvalue weighted by Gasteiger charge is -2.54. The fourth-order valence-electron chi connectivity index (χ4n) is 3.02. The summed E-state index contributed by atoms with van der Waals surface area (Å²) in [5.74, 6) is 0. The van der Waals surface area contributed by atoms with Crippen LogP contribution in [0.15, 0.2) is 0 Å². The lowest BCUT2D eigenvalue weighted by molar-refractivity contribution is -0.0536. The van der Waals surface area contributed by atoms with Gasteiger partial charge in [0.2, 0.25) is 0 Å². The third-order valence-electron chi connectivity index (χ3n) is 3.69. The summed E-state index contributed by atoms with van der Waals surface area (Å²) < 4.78 is 12.6. The van der Waals surface area contributed by atoms with Gasteiger partial charge >= 0.3 is 0 Å². The standard InChI is InChI=1S/C11H19FIN/c1-9(2)14-5-3-4-10(8-14)6-11(12,13)7-10/h9H,3-8H2,1-2H3. The summed E-state index contributed by atoms with van der Waals surface area (Å²) >= 11 is 1.98. The van der Waals surface area contributed by atoms with Gasteiger partial charge in [-0.3, -0.25) is 0 Å². The Labute approximate surface area is 99.6 Å². The van der Waals surface area contributed by atoms with Gasteiger partial charge in [0.05, 0.1) is 0 Å². The van der Waals surface area contributed by atoms with Crippen molar-refractivity contribution in [2.75, 3.05) is 13.1 Å². The van der Waals surface area contributed by atoms with E-state index in [4.69, 9.17) is 0 Å². The van der Waals surface area contributed by atoms with Gasteiger partial charge in [0.1, 0.15) is 0 Å². The van der Waals surface area contributed by atoms with E-state index in [9.17, 15) is 4.39 Å². The number of hydrogen-bond donors (Lipinski definition) is 0. The lowest BCUT2D eigenvalue weighted by atomic mass is 9.63. The van der Waals surface area contributed by atoms with Crippen molar-refractivity contribution in [2.45, 2.75) is 49.2 Å². The van der Waals surface area contributed by atoms with Crippen molar-refractivity contribution in [2.24, 2.45) is 5.41 Å². The van der Waals surface area contributed by atoms with E-state index in [1.54, 1.807) is 0 Å². The van der Waals surface area contributed by atoms with Gasteiger partial charge in [0.25, 0.3) is 0 Å². The van der Waals surface area contributed by atoms with Gasteiger partial charge in [-0.05, 0) is 74.1 Å². The highest BCUT2D eigenvalue weighted by Gasteiger charge is 2.55. The molecule has 0 N–H and O–H groups in total. The minimum atomic E-state index is -0.891. The zero-order valence-corrected chi connectivity index (χ0v) is 11.2. The molecular weight excluding hydrogens is 292 g/mol. The van der Waals surface area contributed by atoms with Crippen molar-refractivity contribution in [3.05, 3.63) is 0 Å². The second-order valence-electron chi connectivity index (χ2n) is 5.38. The van der Waals surface area contributed by atoms with Gasteiger partial charge in [0, 0.05) is 12.6 Å². The summed E-state index contributed by atoms with van der Waals surface area (Å²) in [6, 6.07) is 0.621. The Morgan fingerprint density at radius 1 is 1.36 bits per heavy atom. The van der Waals surface area contributed by atoms with Crippen LogP contribution < -0.4 is 0 Å². The van der Waals surface area contributed by atoms with E-state index in [1.807, 2.05) is 22.6 Å². The van der Waals surface area contributed by atoms with E-state index in [0.717, 1.165) is 19.4 Å². The first-order valence-corrected chi connectivity index (χ1v) is 6.62. The highest BCUT2D eigenvalue weighted by molar-refractivity contribution is 14.1. The van der Waals surface area contributed by atoms with Gasteiger partial charge in [-0.1, -0.05) is 0 Å². The van der Waals surface area contributed by atoms with E-state index >= 15 is 0 Å². The van der Waals surface area contributed by atoms with Crippen LogP contribution in [-0.4, -0.2) is 27.7 Å². The van der Waals surface area contributed by atoms with Gasteiger partial charge in [0.15, 0.2) is 3.68 Å². The summed E-state index contributed by atoms with van der Waals surface area (Å²) in [4.78, 5) is 2.51. The lowest BCUT2D eigenvalue weighted by Crippen LogP contribution is -2.55. The third kappa shape index (κ3) is 2.08. The maximum Gasteiger partial charge on any atom is 0.162 e. The SMILES string of the molecule is CC(C)N1CCCC2(C1)CC(F)(I)C2. The summed E-state index contributed by atoms with van der Waals surface area (Å²) in [7, 11) is 0. The predicted molar refractivity (Wildman–Crippen MR) is 65.5 cm³/mol. The van der Waals surface area contributed by atoms with Crippen LogP contribution in [0.1, 0.15) is 39.5 Å². The van der Waals surface area contributed by atoms with E-state index in [1.165, 1.54) is 19.4 Å². The Bertz CT molecular complexity index is 219. The van der Waals surface area contributed by atoms with Crippen LogP contribution in [0.4, 0.5) is 4.39 Å². The monoisotopic (exact) mass is 311 g/mol. The largest absolute Gasteiger partial charge is 0.300 e. The molecule has 1 aliphatic heterocycles. The summed E-state index contributed by atoms with van der Waals surface area (Å²) in [6.07, 6.45) is 4.06. The molecule has 0 unspecified atom stereocenters. The molecule has 0 amide bonds. The Morgan fingerprint density at radius 2 is 2.00 bits per heavy atom. The Hall–Kier alpha value is 0.620. The number of halogens is 2. The molecule has 14 heavy (non-hydrogen) atoms. The van der Waals surface area contributed by atoms with Crippen molar-refractivity contribution in [3.8, 4) is 0 Å². The molecule has 1 aliphatic carbocycles. The Balaban J connectivity index is 1.96. The predicted octanol–water partition coefficient (Wildman–Crippen LogP) is 3.37. The van der Waals surface area contributed by atoms with E-state index < -0.39 is 3.68 Å². The minimum absolute atomic E-state index is 0.332. The van der Waals surface area contributed by atoms with Crippen molar-refractivity contribution >= 4 is 22.6 Å². The Kier molecular flexibility index (Phi) is 2.84. The zero-order valence-electron chi connectivity index (χ0n) is 9.02. The highest BCUT2D eigenvalue weighted by Crippen LogP contribution is 2.58. The Morgan fingerprint density at radius 3 is 2.50 bits per heavy atom. The molecule has 2 fully saturated rings.